The lowest BCUT2D eigenvalue weighted by Crippen LogP contribution is -2.20. The molecule has 2 atom stereocenters. The van der Waals surface area contributed by atoms with Crippen molar-refractivity contribution >= 4 is 0 Å². The molecule has 8 heteroatoms. The zero-order chi connectivity index (χ0) is 13.7. The highest BCUT2D eigenvalue weighted by Gasteiger charge is 2.23. The van der Waals surface area contributed by atoms with Crippen molar-refractivity contribution in [1.29, 1.82) is 0 Å². The molecule has 0 saturated heterocycles. The summed E-state index contributed by atoms with van der Waals surface area (Å²) >= 11 is 0. The molecule has 0 aliphatic rings. The Labute approximate surface area is 100 Å². The van der Waals surface area contributed by atoms with Crippen LogP contribution in [0.15, 0.2) is 17.2 Å². The zero-order valence-corrected chi connectivity index (χ0v) is 9.09. The van der Waals surface area contributed by atoms with Crippen LogP contribution in [-0.4, -0.2) is 22.9 Å². The standard InChI is InChI=1S/C10H10F3N3O2/c11-6-4-8(13)7(12)3-5(6)10(18)9(17)1-2-15-16-14/h3-4,9-10,17-18H,1-2H2. The van der Waals surface area contributed by atoms with E-state index in [1.807, 2.05) is 0 Å². The number of rotatable bonds is 5. The van der Waals surface area contributed by atoms with Crippen molar-refractivity contribution < 1.29 is 23.4 Å². The maximum absolute atomic E-state index is 13.3. The van der Waals surface area contributed by atoms with Crippen molar-refractivity contribution in [3.63, 3.8) is 0 Å². The predicted octanol–water partition coefficient (Wildman–Crippen LogP) is 2.20. The van der Waals surface area contributed by atoms with E-state index < -0.39 is 35.2 Å². The third kappa shape index (κ3) is 3.36. The highest BCUT2D eigenvalue weighted by molar-refractivity contribution is 5.23. The van der Waals surface area contributed by atoms with E-state index in [2.05, 4.69) is 10.0 Å². The number of benzene rings is 1. The zero-order valence-electron chi connectivity index (χ0n) is 9.09. The molecule has 0 heterocycles. The summed E-state index contributed by atoms with van der Waals surface area (Å²) in [6.45, 7) is -0.111. The van der Waals surface area contributed by atoms with E-state index >= 15 is 0 Å². The summed E-state index contributed by atoms with van der Waals surface area (Å²) in [5.74, 6) is -3.87. The Hall–Kier alpha value is -1.76. The summed E-state index contributed by atoms with van der Waals surface area (Å²) in [7, 11) is 0. The molecule has 1 aromatic carbocycles. The molecule has 2 N–H and O–H groups in total. The van der Waals surface area contributed by atoms with Gasteiger partial charge in [-0.1, -0.05) is 5.11 Å². The van der Waals surface area contributed by atoms with Gasteiger partial charge in [0.05, 0.1) is 6.10 Å². The smallest absolute Gasteiger partial charge is 0.161 e. The maximum atomic E-state index is 13.3. The van der Waals surface area contributed by atoms with Gasteiger partial charge in [0, 0.05) is 23.1 Å². The Kier molecular flexibility index (Phi) is 4.96. The van der Waals surface area contributed by atoms with Crippen LogP contribution in [0.4, 0.5) is 13.2 Å². The molecule has 1 aromatic rings. The number of nitrogens with zero attached hydrogens (tertiary/aromatic N) is 3. The molecule has 0 fully saturated rings. The van der Waals surface area contributed by atoms with Gasteiger partial charge >= 0.3 is 0 Å². The fourth-order valence-electron chi connectivity index (χ4n) is 1.36. The number of hydrogen-bond donors (Lipinski definition) is 2. The first-order chi connectivity index (χ1) is 8.47. The summed E-state index contributed by atoms with van der Waals surface area (Å²) in [6, 6.07) is 0.764. The van der Waals surface area contributed by atoms with Crippen LogP contribution < -0.4 is 0 Å². The van der Waals surface area contributed by atoms with Gasteiger partial charge in [-0.05, 0) is 18.0 Å². The lowest BCUT2D eigenvalue weighted by molar-refractivity contribution is 0.0127. The quantitative estimate of drug-likeness (QED) is 0.368. The second-order valence-corrected chi connectivity index (χ2v) is 3.54. The second-order valence-electron chi connectivity index (χ2n) is 3.54. The highest BCUT2D eigenvalue weighted by Crippen LogP contribution is 2.24. The highest BCUT2D eigenvalue weighted by atomic mass is 19.2. The van der Waals surface area contributed by atoms with Crippen LogP contribution in [-0.2, 0) is 0 Å². The average molecular weight is 261 g/mol. The lowest BCUT2D eigenvalue weighted by Gasteiger charge is -2.18. The molecule has 5 nitrogen and oxygen atoms in total. The van der Waals surface area contributed by atoms with Crippen molar-refractivity contribution in [1.82, 2.24) is 0 Å². The topological polar surface area (TPSA) is 89.2 Å². The van der Waals surface area contributed by atoms with Crippen LogP contribution in [0.3, 0.4) is 0 Å². The van der Waals surface area contributed by atoms with Crippen LogP contribution in [0, 0.1) is 17.5 Å². The van der Waals surface area contributed by atoms with Gasteiger partial charge in [-0.15, -0.1) is 0 Å². The van der Waals surface area contributed by atoms with Gasteiger partial charge in [-0.25, -0.2) is 13.2 Å². The fourth-order valence-corrected chi connectivity index (χ4v) is 1.36. The molecule has 1 rings (SSSR count). The molecule has 18 heavy (non-hydrogen) atoms. The SMILES string of the molecule is [N-]=[N+]=NCCC(O)C(O)c1cc(F)c(F)cc1F. The van der Waals surface area contributed by atoms with Gasteiger partial charge in [-0.2, -0.15) is 0 Å². The molecule has 0 spiro atoms. The van der Waals surface area contributed by atoms with E-state index in [-0.39, 0.29) is 19.0 Å². The summed E-state index contributed by atoms with van der Waals surface area (Å²) in [4.78, 5) is 2.43. The van der Waals surface area contributed by atoms with Crippen molar-refractivity contribution in [2.45, 2.75) is 18.6 Å². The molecule has 0 radical (unpaired) electrons. The van der Waals surface area contributed by atoms with Crippen molar-refractivity contribution in [3.8, 4) is 0 Å². The number of hydrogen-bond acceptors (Lipinski definition) is 3. The van der Waals surface area contributed by atoms with E-state index in [0.717, 1.165) is 0 Å². The van der Waals surface area contributed by atoms with Gasteiger partial charge in [0.25, 0.3) is 0 Å². The first-order valence-electron chi connectivity index (χ1n) is 4.98. The van der Waals surface area contributed by atoms with Crippen LogP contribution >= 0.6 is 0 Å². The number of halogens is 3. The summed E-state index contributed by atoms with van der Waals surface area (Å²) in [6.07, 6.45) is -3.31. The predicted molar refractivity (Wildman–Crippen MR) is 55.9 cm³/mol. The summed E-state index contributed by atoms with van der Waals surface area (Å²) < 4.78 is 38.8. The molecule has 98 valence electrons. The van der Waals surface area contributed by atoms with E-state index in [4.69, 9.17) is 5.53 Å². The Balaban J connectivity index is 2.85. The third-order valence-electron chi connectivity index (χ3n) is 2.31. The minimum absolute atomic E-state index is 0.111. The molecular formula is C10H10F3N3O2. The van der Waals surface area contributed by atoms with Crippen LogP contribution in [0.5, 0.6) is 0 Å². The average Bonchev–Trinajstić information content (AvgIpc) is 2.33. The minimum Gasteiger partial charge on any atom is -0.390 e. The van der Waals surface area contributed by atoms with Gasteiger partial charge in [0.1, 0.15) is 11.9 Å². The van der Waals surface area contributed by atoms with Gasteiger partial charge in [0.15, 0.2) is 11.6 Å². The van der Waals surface area contributed by atoms with Crippen molar-refractivity contribution in [2.24, 2.45) is 5.11 Å². The Morgan fingerprint density at radius 2 is 1.78 bits per heavy atom. The van der Waals surface area contributed by atoms with E-state index in [0.29, 0.717) is 6.07 Å². The molecule has 0 aromatic heterocycles. The Morgan fingerprint density at radius 1 is 1.17 bits per heavy atom. The van der Waals surface area contributed by atoms with E-state index in [1.54, 1.807) is 0 Å². The van der Waals surface area contributed by atoms with Crippen LogP contribution in [0.1, 0.15) is 18.1 Å². The summed E-state index contributed by atoms with van der Waals surface area (Å²) in [5, 5.41) is 22.2. The maximum Gasteiger partial charge on any atom is 0.161 e. The van der Waals surface area contributed by atoms with Crippen molar-refractivity contribution in [3.05, 3.63) is 45.6 Å². The van der Waals surface area contributed by atoms with Gasteiger partial charge in [-0.3, -0.25) is 0 Å². The van der Waals surface area contributed by atoms with Crippen LogP contribution in [0.25, 0.3) is 10.4 Å². The number of azide groups is 1. The van der Waals surface area contributed by atoms with E-state index in [9.17, 15) is 23.4 Å². The summed E-state index contributed by atoms with van der Waals surface area (Å²) in [5.41, 5.74) is 7.46. The Morgan fingerprint density at radius 3 is 2.39 bits per heavy atom. The van der Waals surface area contributed by atoms with E-state index in [1.165, 1.54) is 0 Å². The molecule has 0 saturated carbocycles. The first kappa shape index (κ1) is 14.3. The monoisotopic (exact) mass is 261 g/mol. The Bertz CT molecular complexity index is 478. The normalized spacial score (nSPS) is 13.8. The lowest BCUT2D eigenvalue weighted by atomic mass is 10.0. The largest absolute Gasteiger partial charge is 0.390 e. The molecule has 0 aliphatic carbocycles. The third-order valence-corrected chi connectivity index (χ3v) is 2.31. The van der Waals surface area contributed by atoms with Gasteiger partial charge in [0.2, 0.25) is 0 Å². The van der Waals surface area contributed by atoms with Crippen molar-refractivity contribution in [2.75, 3.05) is 6.54 Å². The molecule has 0 amide bonds. The molecule has 0 aliphatic heterocycles. The second kappa shape index (κ2) is 6.25. The molecule has 2 unspecified atom stereocenters. The fraction of sp³-hybridized carbons (Fsp3) is 0.400. The first-order valence-corrected chi connectivity index (χ1v) is 4.98. The van der Waals surface area contributed by atoms with Gasteiger partial charge < -0.3 is 10.2 Å². The number of aliphatic hydroxyl groups is 2. The molecular weight excluding hydrogens is 251 g/mol. The number of aliphatic hydroxyl groups excluding tert-OH is 2. The molecule has 0 bridgehead atoms. The van der Waals surface area contributed by atoms with Crippen LogP contribution in [0.2, 0.25) is 0 Å². The minimum atomic E-state index is -1.73.